The number of rotatable bonds is 4. The average Bonchev–Trinajstić information content (AvgIpc) is 2.75. The lowest BCUT2D eigenvalue weighted by molar-refractivity contribution is 0.727. The molecule has 0 aliphatic heterocycles. The van der Waals surface area contributed by atoms with Crippen molar-refractivity contribution in [3.05, 3.63) is 68.5 Å². The fraction of sp³-hybridized carbons (Fsp3) is 0.182. The minimum atomic E-state index is -0.596. The van der Waals surface area contributed by atoms with E-state index in [4.69, 9.17) is 28.1 Å². The first kappa shape index (κ1) is 22.0. The van der Waals surface area contributed by atoms with Crippen LogP contribution in [0.15, 0.2) is 35.4 Å². The van der Waals surface area contributed by atoms with Crippen LogP contribution in [0.25, 0.3) is 16.6 Å². The van der Waals surface area contributed by atoms with Crippen LogP contribution in [0.3, 0.4) is 0 Å². The Bertz CT molecular complexity index is 1510. The Morgan fingerprint density at radius 2 is 1.94 bits per heavy atom. The molecular formula is C22H20ClN9O. The fourth-order valence-corrected chi connectivity index (χ4v) is 3.80. The van der Waals surface area contributed by atoms with Gasteiger partial charge in [0, 0.05) is 6.20 Å². The van der Waals surface area contributed by atoms with Crippen molar-refractivity contribution in [2.24, 2.45) is 0 Å². The topological polar surface area (TPSA) is 161 Å². The van der Waals surface area contributed by atoms with Gasteiger partial charge in [-0.1, -0.05) is 17.7 Å². The smallest absolute Gasteiger partial charge is 0.267 e. The summed E-state index contributed by atoms with van der Waals surface area (Å²) in [5.74, 6) is 0.371. The Morgan fingerprint density at radius 1 is 1.18 bits per heavy atom. The number of anilines is 3. The highest BCUT2D eigenvalue weighted by molar-refractivity contribution is 6.35. The second kappa shape index (κ2) is 8.37. The van der Waals surface area contributed by atoms with Crippen LogP contribution in [-0.4, -0.2) is 24.5 Å². The number of nitrogens with one attached hydrogen (secondary N) is 1. The third-order valence-electron chi connectivity index (χ3n) is 5.36. The van der Waals surface area contributed by atoms with E-state index in [-0.39, 0.29) is 28.7 Å². The van der Waals surface area contributed by atoms with Crippen LogP contribution in [0.5, 0.6) is 0 Å². The van der Waals surface area contributed by atoms with Crippen LogP contribution in [0.2, 0.25) is 5.02 Å². The number of nitrogens with two attached hydrogens (primary N) is 2. The molecule has 10 nitrogen and oxygen atoms in total. The maximum absolute atomic E-state index is 13.7. The number of halogens is 1. The van der Waals surface area contributed by atoms with Gasteiger partial charge in [-0.15, -0.1) is 0 Å². The van der Waals surface area contributed by atoms with Gasteiger partial charge < -0.3 is 16.8 Å². The van der Waals surface area contributed by atoms with Gasteiger partial charge >= 0.3 is 0 Å². The molecule has 0 aliphatic rings. The van der Waals surface area contributed by atoms with Crippen LogP contribution in [0, 0.1) is 25.2 Å². The quantitative estimate of drug-likeness (QED) is 0.414. The zero-order chi connectivity index (χ0) is 23.9. The molecule has 1 unspecified atom stereocenters. The lowest BCUT2D eigenvalue weighted by atomic mass is 10.1. The Morgan fingerprint density at radius 3 is 2.67 bits per heavy atom. The normalized spacial score (nSPS) is 11.8. The van der Waals surface area contributed by atoms with Crippen LogP contribution in [-0.2, 0) is 0 Å². The van der Waals surface area contributed by atoms with Crippen molar-refractivity contribution in [2.45, 2.75) is 26.8 Å². The molecule has 1 atom stereocenters. The summed E-state index contributed by atoms with van der Waals surface area (Å²) in [6.07, 6.45) is 3.32. The summed E-state index contributed by atoms with van der Waals surface area (Å²) in [6, 6.07) is 6.46. The molecule has 0 fully saturated rings. The molecule has 5 N–H and O–H groups in total. The molecule has 11 heteroatoms. The van der Waals surface area contributed by atoms with E-state index < -0.39 is 6.04 Å². The molecule has 3 heterocycles. The summed E-state index contributed by atoms with van der Waals surface area (Å²) in [6.45, 7) is 5.59. The van der Waals surface area contributed by atoms with E-state index in [2.05, 4.69) is 20.3 Å². The molecule has 0 bridgehead atoms. The molecule has 0 saturated carbocycles. The number of benzene rings is 1. The molecule has 3 aromatic heterocycles. The minimum Gasteiger partial charge on any atom is -0.382 e. The molecule has 166 valence electrons. The monoisotopic (exact) mass is 461 g/mol. The van der Waals surface area contributed by atoms with E-state index in [0.717, 1.165) is 11.1 Å². The lowest BCUT2D eigenvalue weighted by Gasteiger charge is -2.22. The van der Waals surface area contributed by atoms with Crippen LogP contribution in [0.4, 0.5) is 17.6 Å². The Balaban J connectivity index is 1.99. The first-order valence-electron chi connectivity index (χ1n) is 9.95. The van der Waals surface area contributed by atoms with E-state index in [1.807, 2.05) is 19.9 Å². The van der Waals surface area contributed by atoms with Crippen molar-refractivity contribution in [1.82, 2.24) is 24.5 Å². The highest BCUT2D eigenvalue weighted by atomic mass is 35.5. The second-order valence-electron chi connectivity index (χ2n) is 7.51. The highest BCUT2D eigenvalue weighted by Crippen LogP contribution is 2.27. The third kappa shape index (κ3) is 3.79. The molecule has 0 radical (unpaired) electrons. The van der Waals surface area contributed by atoms with E-state index in [0.29, 0.717) is 27.4 Å². The van der Waals surface area contributed by atoms with E-state index >= 15 is 0 Å². The fourth-order valence-electron chi connectivity index (χ4n) is 3.55. The van der Waals surface area contributed by atoms with Crippen LogP contribution < -0.4 is 22.3 Å². The summed E-state index contributed by atoms with van der Waals surface area (Å²) in [7, 11) is 0. The molecule has 4 rings (SSSR count). The third-order valence-corrected chi connectivity index (χ3v) is 5.68. The van der Waals surface area contributed by atoms with Crippen molar-refractivity contribution < 1.29 is 0 Å². The SMILES string of the molecule is Cc1cncc(-n2c(C(C)Nc3nc(N)nc(N)c3C#N)nc3cccc(Cl)c3c2=O)c1C. The standard InChI is InChI=1S/C22H20ClN9O/c1-10-8-27-9-16(11(10)2)32-20(29-15-6-4-5-14(23)17(15)21(32)33)12(3)28-19-13(7-24)18(25)30-22(26)31-19/h4-6,8-9,12H,1-3H3,(H5,25,26,28,30,31). The van der Waals surface area contributed by atoms with Crippen LogP contribution in [0.1, 0.15) is 35.5 Å². The Hall–Kier alpha value is -4.23. The molecule has 0 saturated heterocycles. The molecule has 0 amide bonds. The Kier molecular flexibility index (Phi) is 5.57. The lowest BCUT2D eigenvalue weighted by Crippen LogP contribution is -2.28. The van der Waals surface area contributed by atoms with Gasteiger partial charge in [0.05, 0.1) is 33.9 Å². The molecule has 4 aromatic rings. The summed E-state index contributed by atoms with van der Waals surface area (Å²) in [4.78, 5) is 30.6. The number of hydrogen-bond donors (Lipinski definition) is 3. The number of aromatic nitrogens is 5. The van der Waals surface area contributed by atoms with Gasteiger partial charge in [-0.25, -0.2) is 4.98 Å². The first-order chi connectivity index (χ1) is 15.7. The molecular weight excluding hydrogens is 442 g/mol. The molecule has 0 spiro atoms. The summed E-state index contributed by atoms with van der Waals surface area (Å²) >= 11 is 6.36. The second-order valence-corrected chi connectivity index (χ2v) is 7.92. The molecule has 1 aromatic carbocycles. The van der Waals surface area contributed by atoms with Gasteiger partial charge in [-0.05, 0) is 44.0 Å². The van der Waals surface area contributed by atoms with E-state index in [1.54, 1.807) is 37.5 Å². The van der Waals surface area contributed by atoms with Gasteiger partial charge in [0.25, 0.3) is 5.56 Å². The zero-order valence-corrected chi connectivity index (χ0v) is 18.8. The summed E-state index contributed by atoms with van der Waals surface area (Å²) < 4.78 is 1.47. The van der Waals surface area contributed by atoms with Crippen molar-refractivity contribution in [3.8, 4) is 11.8 Å². The number of nitrogen functional groups attached to an aromatic ring is 2. The average molecular weight is 462 g/mol. The zero-order valence-electron chi connectivity index (χ0n) is 18.1. The maximum atomic E-state index is 13.7. The number of hydrogen-bond acceptors (Lipinski definition) is 9. The Labute approximate surface area is 193 Å². The summed E-state index contributed by atoms with van der Waals surface area (Å²) in [5, 5.41) is 13.2. The van der Waals surface area contributed by atoms with E-state index in [9.17, 15) is 10.1 Å². The van der Waals surface area contributed by atoms with Gasteiger partial charge in [-0.3, -0.25) is 14.3 Å². The predicted molar refractivity (Wildman–Crippen MR) is 127 cm³/mol. The van der Waals surface area contributed by atoms with Gasteiger partial charge in [0.1, 0.15) is 23.3 Å². The van der Waals surface area contributed by atoms with Crippen molar-refractivity contribution in [3.63, 3.8) is 0 Å². The predicted octanol–water partition coefficient (Wildman–Crippen LogP) is 3.05. The minimum absolute atomic E-state index is 0.0437. The number of nitriles is 1. The van der Waals surface area contributed by atoms with Gasteiger partial charge in [0.15, 0.2) is 5.82 Å². The van der Waals surface area contributed by atoms with E-state index in [1.165, 1.54) is 4.57 Å². The van der Waals surface area contributed by atoms with Gasteiger partial charge in [0.2, 0.25) is 5.95 Å². The number of nitrogens with zero attached hydrogens (tertiary/aromatic N) is 6. The van der Waals surface area contributed by atoms with Crippen molar-refractivity contribution in [1.29, 1.82) is 5.26 Å². The van der Waals surface area contributed by atoms with Crippen molar-refractivity contribution >= 4 is 40.1 Å². The highest BCUT2D eigenvalue weighted by Gasteiger charge is 2.23. The largest absolute Gasteiger partial charge is 0.382 e. The summed E-state index contributed by atoms with van der Waals surface area (Å²) in [5.41, 5.74) is 14.0. The molecule has 33 heavy (non-hydrogen) atoms. The number of fused-ring (bicyclic) bond motifs is 1. The van der Waals surface area contributed by atoms with Crippen molar-refractivity contribution in [2.75, 3.05) is 16.8 Å². The first-order valence-corrected chi connectivity index (χ1v) is 10.3. The maximum Gasteiger partial charge on any atom is 0.267 e. The molecule has 0 aliphatic carbocycles. The number of aryl methyl sites for hydroxylation is 1. The van der Waals surface area contributed by atoms with Gasteiger partial charge in [-0.2, -0.15) is 15.2 Å². The number of pyridine rings is 1. The van der Waals surface area contributed by atoms with Crippen LogP contribution >= 0.6 is 11.6 Å².